The second kappa shape index (κ2) is 10.7. The molecule has 0 unspecified atom stereocenters. The lowest BCUT2D eigenvalue weighted by atomic mass is 10.1. The van der Waals surface area contributed by atoms with Crippen LogP contribution in [0.3, 0.4) is 0 Å². The van der Waals surface area contributed by atoms with Gasteiger partial charge in [0, 0.05) is 11.1 Å². The fourth-order valence-electron chi connectivity index (χ4n) is 3.55. The maximum atomic E-state index is 12.2. The first-order chi connectivity index (χ1) is 18.8. The van der Waals surface area contributed by atoms with Gasteiger partial charge < -0.3 is 10.4 Å². The van der Waals surface area contributed by atoms with Crippen LogP contribution in [-0.2, 0) is 30.4 Å². The van der Waals surface area contributed by atoms with Gasteiger partial charge in [-0.3, -0.25) is 13.7 Å². The molecular weight excluding hydrogens is 651 g/mol. The first kappa shape index (κ1) is 30.4. The molecule has 0 aliphatic heterocycles. The van der Waals surface area contributed by atoms with E-state index in [0.29, 0.717) is 12.1 Å². The first-order valence-corrected chi connectivity index (χ1v) is 15.5. The average Bonchev–Trinajstić information content (AvgIpc) is 2.81. The zero-order valence-electron chi connectivity index (χ0n) is 19.9. The van der Waals surface area contributed by atoms with Crippen molar-refractivity contribution in [2.45, 2.75) is 21.6 Å². The van der Waals surface area contributed by atoms with Gasteiger partial charge in [-0.05, 0) is 77.5 Å². The second-order valence-electron chi connectivity index (χ2n) is 8.04. The number of anilines is 2. The van der Waals surface area contributed by atoms with Gasteiger partial charge in [0.1, 0.15) is 21.2 Å². The van der Waals surface area contributed by atoms with Crippen LogP contribution in [0.2, 0.25) is 10.6 Å². The maximum absolute atomic E-state index is 12.2. The molecular formula is C20H14Cl2N6O10S3. The number of aryl methyl sites for hydroxylation is 1. The van der Waals surface area contributed by atoms with Crippen molar-refractivity contribution >= 4 is 87.3 Å². The predicted octanol–water partition coefficient (Wildman–Crippen LogP) is 4.24. The van der Waals surface area contributed by atoms with Crippen LogP contribution in [0.5, 0.6) is 5.75 Å². The number of aromatic nitrogens is 3. The smallest absolute Gasteiger partial charge is 0.296 e. The van der Waals surface area contributed by atoms with Gasteiger partial charge in [-0.25, -0.2) is 0 Å². The van der Waals surface area contributed by atoms with Crippen molar-refractivity contribution in [1.82, 2.24) is 15.0 Å². The molecule has 4 aromatic rings. The van der Waals surface area contributed by atoms with Gasteiger partial charge in [0.05, 0.1) is 4.90 Å². The summed E-state index contributed by atoms with van der Waals surface area (Å²) < 4.78 is 100. The van der Waals surface area contributed by atoms with Gasteiger partial charge in [-0.2, -0.15) is 40.2 Å². The summed E-state index contributed by atoms with van der Waals surface area (Å²) in [5, 5.41) is 20.2. The van der Waals surface area contributed by atoms with E-state index in [-0.39, 0.29) is 38.5 Å². The molecule has 0 bridgehead atoms. The van der Waals surface area contributed by atoms with Crippen LogP contribution in [0, 0.1) is 6.92 Å². The number of fused-ring (bicyclic) bond motifs is 1. The van der Waals surface area contributed by atoms with E-state index in [0.717, 1.165) is 13.0 Å². The van der Waals surface area contributed by atoms with Crippen LogP contribution in [0.25, 0.3) is 10.8 Å². The van der Waals surface area contributed by atoms with Crippen molar-refractivity contribution in [3.05, 3.63) is 52.5 Å². The Morgan fingerprint density at radius 1 is 0.756 bits per heavy atom. The molecule has 5 N–H and O–H groups in total. The number of rotatable bonds is 7. The third kappa shape index (κ3) is 6.68. The number of hydrogen-bond acceptors (Lipinski definition) is 13. The number of nitrogens with one attached hydrogen (secondary N) is 1. The highest BCUT2D eigenvalue weighted by atomic mass is 35.5. The van der Waals surface area contributed by atoms with Crippen molar-refractivity contribution in [3.63, 3.8) is 0 Å². The molecule has 0 saturated carbocycles. The number of phenolic OH excluding ortho intramolecular Hbond substituents is 1. The summed E-state index contributed by atoms with van der Waals surface area (Å²) in [5.41, 5.74) is -1.74. The summed E-state index contributed by atoms with van der Waals surface area (Å²) in [7, 11) is -15.1. The Labute approximate surface area is 241 Å². The number of azo groups is 1. The molecule has 0 atom stereocenters. The van der Waals surface area contributed by atoms with Gasteiger partial charge in [0.15, 0.2) is 5.75 Å². The average molecular weight is 665 g/mol. The lowest BCUT2D eigenvalue weighted by Gasteiger charge is -2.11. The van der Waals surface area contributed by atoms with E-state index in [1.165, 1.54) is 18.2 Å². The van der Waals surface area contributed by atoms with Crippen molar-refractivity contribution in [2.24, 2.45) is 10.2 Å². The normalized spacial score (nSPS) is 12.7. The summed E-state index contributed by atoms with van der Waals surface area (Å²) in [5.74, 6) is -0.914. The number of nitrogens with zero attached hydrogens (tertiary/aromatic N) is 5. The highest BCUT2D eigenvalue weighted by Crippen LogP contribution is 2.43. The highest BCUT2D eigenvalue weighted by molar-refractivity contribution is 7.86. The molecule has 0 amide bonds. The molecule has 0 radical (unpaired) electrons. The Balaban J connectivity index is 1.90. The van der Waals surface area contributed by atoms with E-state index in [9.17, 15) is 44.0 Å². The minimum Gasteiger partial charge on any atom is -0.505 e. The zero-order valence-corrected chi connectivity index (χ0v) is 23.9. The maximum Gasteiger partial charge on any atom is 0.296 e. The Kier molecular flexibility index (Phi) is 7.92. The molecule has 16 nitrogen and oxygen atoms in total. The number of aromatic hydroxyl groups is 1. The van der Waals surface area contributed by atoms with E-state index in [2.05, 4.69) is 30.5 Å². The summed E-state index contributed by atoms with van der Waals surface area (Å²) in [4.78, 5) is 8.52. The monoisotopic (exact) mass is 664 g/mol. The Hall–Kier alpha value is -3.56. The SMILES string of the molecule is Cc1cc(S(=O)(=O)O)c(/N=N/c2c(S(=O)(=O)O)cc3cc(Nc4nc(Cl)nc(Cl)n4)ccc3c2O)cc1S(=O)(=O)O. The molecule has 0 saturated heterocycles. The standard InChI is InChI=1S/C20H14Cl2N6O10S3/c1-8-4-14(40(33,34)35)12(7-13(8)39(30,31)32)27-28-16-15(41(36,37)38)6-9-5-10(2-3-11(9)17(16)29)23-20-25-18(21)24-19(22)26-20/h2-7,29H,1H3,(H,30,31,32)(H,33,34,35)(H,36,37,38)(H,23,24,25,26)/b28-27+. The van der Waals surface area contributed by atoms with Crippen LogP contribution in [-0.4, -0.2) is 59.0 Å². The van der Waals surface area contributed by atoms with Gasteiger partial charge in [-0.15, -0.1) is 10.2 Å². The van der Waals surface area contributed by atoms with Crippen LogP contribution >= 0.6 is 23.2 Å². The molecule has 0 aliphatic carbocycles. The Morgan fingerprint density at radius 2 is 1.34 bits per heavy atom. The van der Waals surface area contributed by atoms with Gasteiger partial charge in [0.2, 0.25) is 16.5 Å². The molecule has 1 heterocycles. The van der Waals surface area contributed by atoms with Crippen LogP contribution in [0.15, 0.2) is 61.3 Å². The molecule has 3 aromatic carbocycles. The van der Waals surface area contributed by atoms with E-state index in [1.807, 2.05) is 0 Å². The summed E-state index contributed by atoms with van der Waals surface area (Å²) in [6.07, 6.45) is 0. The third-order valence-electron chi connectivity index (χ3n) is 5.24. The van der Waals surface area contributed by atoms with Gasteiger partial charge in [-0.1, -0.05) is 0 Å². The lowest BCUT2D eigenvalue weighted by molar-refractivity contribution is 0.472. The van der Waals surface area contributed by atoms with E-state index in [4.69, 9.17) is 23.2 Å². The number of benzene rings is 3. The summed E-state index contributed by atoms with van der Waals surface area (Å²) in [6.45, 7) is 1.12. The highest BCUT2D eigenvalue weighted by Gasteiger charge is 2.25. The fourth-order valence-corrected chi connectivity index (χ4v) is 5.99. The summed E-state index contributed by atoms with van der Waals surface area (Å²) >= 11 is 11.5. The number of phenols is 1. The molecule has 0 spiro atoms. The van der Waals surface area contributed by atoms with E-state index < -0.39 is 62.2 Å². The minimum absolute atomic E-state index is 0.0267. The molecule has 4 rings (SSSR count). The fraction of sp³-hybridized carbons (Fsp3) is 0.0500. The van der Waals surface area contributed by atoms with Crippen LogP contribution in [0.4, 0.5) is 23.0 Å². The van der Waals surface area contributed by atoms with E-state index >= 15 is 0 Å². The molecule has 1 aromatic heterocycles. The topological polar surface area (TPSA) is 259 Å². The molecule has 21 heteroatoms. The van der Waals surface area contributed by atoms with Crippen LogP contribution in [0.1, 0.15) is 5.56 Å². The van der Waals surface area contributed by atoms with Crippen molar-refractivity contribution in [2.75, 3.05) is 5.32 Å². The van der Waals surface area contributed by atoms with Crippen LogP contribution < -0.4 is 5.32 Å². The number of hydrogen-bond donors (Lipinski definition) is 5. The molecule has 41 heavy (non-hydrogen) atoms. The second-order valence-corrected chi connectivity index (χ2v) is 12.9. The van der Waals surface area contributed by atoms with Gasteiger partial charge in [0.25, 0.3) is 30.4 Å². The zero-order chi connectivity index (χ0) is 30.5. The molecule has 0 aliphatic rings. The Bertz CT molecular complexity index is 2090. The Morgan fingerprint density at radius 3 is 1.90 bits per heavy atom. The summed E-state index contributed by atoms with van der Waals surface area (Å²) in [6, 6.07) is 6.16. The quantitative estimate of drug-likeness (QED) is 0.137. The minimum atomic E-state index is -5.12. The molecule has 0 fully saturated rings. The third-order valence-corrected chi connectivity index (χ3v) is 8.32. The molecule has 216 valence electrons. The largest absolute Gasteiger partial charge is 0.505 e. The lowest BCUT2D eigenvalue weighted by Crippen LogP contribution is -2.05. The van der Waals surface area contributed by atoms with Crippen molar-refractivity contribution in [3.8, 4) is 5.75 Å². The van der Waals surface area contributed by atoms with E-state index in [1.54, 1.807) is 0 Å². The van der Waals surface area contributed by atoms with Crippen molar-refractivity contribution < 1.29 is 44.0 Å². The predicted molar refractivity (Wildman–Crippen MR) is 144 cm³/mol. The van der Waals surface area contributed by atoms with Crippen molar-refractivity contribution in [1.29, 1.82) is 0 Å². The number of halogens is 2. The van der Waals surface area contributed by atoms with Gasteiger partial charge >= 0.3 is 0 Å². The first-order valence-electron chi connectivity index (χ1n) is 10.5.